The maximum atomic E-state index is 5.81. The van der Waals surface area contributed by atoms with Crippen LogP contribution < -0.4 is 0 Å². The number of hydrogen-bond donors (Lipinski definition) is 0. The van der Waals surface area contributed by atoms with Crippen LogP contribution in [0.2, 0.25) is 6.55 Å². The zero-order valence-corrected chi connectivity index (χ0v) is 12.6. The van der Waals surface area contributed by atoms with Crippen molar-refractivity contribution in [3.63, 3.8) is 0 Å². The average molecular weight is 243 g/mol. The van der Waals surface area contributed by atoms with Crippen LogP contribution in [0.4, 0.5) is 0 Å². The SMILES string of the molecule is CCOC(CCl)[Si](C)(O[SiH3])OCC. The van der Waals surface area contributed by atoms with Gasteiger partial charge in [0.05, 0.1) is 5.88 Å². The van der Waals surface area contributed by atoms with Crippen molar-refractivity contribution >= 4 is 30.6 Å². The summed E-state index contributed by atoms with van der Waals surface area (Å²) in [5.41, 5.74) is -0.0587. The lowest BCUT2D eigenvalue weighted by atomic mass is 10.8. The Balaban J connectivity index is 4.29. The van der Waals surface area contributed by atoms with E-state index in [4.69, 9.17) is 24.9 Å². The first-order valence-corrected chi connectivity index (χ1v) is 8.25. The minimum atomic E-state index is -2.17. The van der Waals surface area contributed by atoms with Crippen molar-refractivity contribution in [1.29, 1.82) is 0 Å². The molecular formula is C7H19ClO3Si2. The topological polar surface area (TPSA) is 27.7 Å². The number of rotatable bonds is 7. The fraction of sp³-hybridized carbons (Fsp3) is 1.00. The number of hydrogen-bond acceptors (Lipinski definition) is 3. The van der Waals surface area contributed by atoms with Gasteiger partial charge in [0.25, 0.3) is 0 Å². The molecule has 0 radical (unpaired) electrons. The van der Waals surface area contributed by atoms with Crippen LogP contribution in [0, 0.1) is 0 Å². The highest BCUT2D eigenvalue weighted by Crippen LogP contribution is 2.15. The molecule has 0 spiro atoms. The van der Waals surface area contributed by atoms with E-state index < -0.39 is 8.56 Å². The van der Waals surface area contributed by atoms with E-state index in [9.17, 15) is 0 Å². The van der Waals surface area contributed by atoms with Gasteiger partial charge in [-0.3, -0.25) is 0 Å². The Morgan fingerprint density at radius 3 is 2.31 bits per heavy atom. The Morgan fingerprint density at radius 1 is 1.38 bits per heavy atom. The van der Waals surface area contributed by atoms with Gasteiger partial charge in [0.1, 0.15) is 16.2 Å². The smallest absolute Gasteiger partial charge is 0.355 e. The first-order valence-electron chi connectivity index (χ1n) is 4.51. The Bertz CT molecular complexity index is 139. The monoisotopic (exact) mass is 242 g/mol. The third-order valence-corrected chi connectivity index (χ3v) is 8.11. The normalized spacial score (nSPS) is 18.5. The zero-order chi connectivity index (χ0) is 10.3. The Hall–Kier alpha value is 0.604. The predicted molar refractivity (Wildman–Crippen MR) is 60.4 cm³/mol. The molecule has 0 aliphatic rings. The molecule has 0 aliphatic carbocycles. The summed E-state index contributed by atoms with van der Waals surface area (Å²) in [7, 11) is -1.50. The fourth-order valence-electron chi connectivity index (χ4n) is 1.11. The predicted octanol–water partition coefficient (Wildman–Crippen LogP) is 0.575. The number of alkyl halides is 1. The van der Waals surface area contributed by atoms with E-state index in [-0.39, 0.29) is 5.73 Å². The molecule has 0 saturated heterocycles. The quantitative estimate of drug-likeness (QED) is 0.483. The molecule has 0 N–H and O–H groups in total. The molecule has 0 aromatic rings. The highest BCUT2D eigenvalue weighted by Gasteiger charge is 2.39. The maximum Gasteiger partial charge on any atom is 0.355 e. The highest BCUT2D eigenvalue weighted by molar-refractivity contribution is 6.70. The van der Waals surface area contributed by atoms with Crippen molar-refractivity contribution in [3.8, 4) is 0 Å². The lowest BCUT2D eigenvalue weighted by molar-refractivity contribution is 0.0870. The first kappa shape index (κ1) is 13.6. The molecule has 0 aromatic carbocycles. The Morgan fingerprint density at radius 2 is 2.00 bits per heavy atom. The summed E-state index contributed by atoms with van der Waals surface area (Å²) in [5.74, 6) is 0.443. The Labute approximate surface area is 89.5 Å². The summed E-state index contributed by atoms with van der Waals surface area (Å²) >= 11 is 5.81. The second-order valence-corrected chi connectivity index (χ2v) is 7.66. The van der Waals surface area contributed by atoms with E-state index in [1.807, 2.05) is 20.4 Å². The second-order valence-electron chi connectivity index (χ2n) is 2.75. The van der Waals surface area contributed by atoms with Crippen LogP contribution in [0.5, 0.6) is 0 Å². The molecule has 3 nitrogen and oxygen atoms in total. The van der Waals surface area contributed by atoms with E-state index in [0.717, 1.165) is 0 Å². The summed E-state index contributed by atoms with van der Waals surface area (Å²) in [6.07, 6.45) is 0. The van der Waals surface area contributed by atoms with Crippen molar-refractivity contribution in [1.82, 2.24) is 0 Å². The third kappa shape index (κ3) is 4.09. The van der Waals surface area contributed by atoms with Crippen LogP contribution in [0.1, 0.15) is 13.8 Å². The number of halogens is 1. The highest BCUT2D eigenvalue weighted by atomic mass is 35.5. The van der Waals surface area contributed by atoms with Crippen molar-refractivity contribution in [2.24, 2.45) is 0 Å². The fourth-order valence-corrected chi connectivity index (χ4v) is 5.07. The minimum Gasteiger partial charge on any atom is -0.443 e. The van der Waals surface area contributed by atoms with E-state index >= 15 is 0 Å². The van der Waals surface area contributed by atoms with Gasteiger partial charge in [-0.25, -0.2) is 0 Å². The van der Waals surface area contributed by atoms with Gasteiger partial charge >= 0.3 is 8.56 Å². The van der Waals surface area contributed by atoms with Crippen molar-refractivity contribution in [2.45, 2.75) is 26.1 Å². The molecule has 6 heteroatoms. The molecule has 0 bridgehead atoms. The van der Waals surface area contributed by atoms with Crippen molar-refractivity contribution in [3.05, 3.63) is 0 Å². The second kappa shape index (κ2) is 6.97. The molecule has 0 aliphatic heterocycles. The lowest BCUT2D eigenvalue weighted by Crippen LogP contribution is -2.52. The van der Waals surface area contributed by atoms with Gasteiger partial charge in [-0.15, -0.1) is 11.6 Å². The third-order valence-electron chi connectivity index (χ3n) is 1.93. The molecule has 0 rings (SSSR count). The molecular weight excluding hydrogens is 224 g/mol. The molecule has 2 atom stereocenters. The van der Waals surface area contributed by atoms with Gasteiger partial charge < -0.3 is 13.3 Å². The summed E-state index contributed by atoms with van der Waals surface area (Å²) in [6.45, 7) is 7.23. The summed E-state index contributed by atoms with van der Waals surface area (Å²) in [4.78, 5) is 0. The van der Waals surface area contributed by atoms with Gasteiger partial charge in [-0.2, -0.15) is 0 Å². The molecule has 0 fully saturated rings. The minimum absolute atomic E-state index is 0.0587. The summed E-state index contributed by atoms with van der Waals surface area (Å²) in [6, 6.07) is 0. The summed E-state index contributed by atoms with van der Waals surface area (Å²) < 4.78 is 16.7. The van der Waals surface area contributed by atoms with Crippen LogP contribution in [-0.4, -0.2) is 43.9 Å². The van der Waals surface area contributed by atoms with Gasteiger partial charge in [-0.1, -0.05) is 0 Å². The van der Waals surface area contributed by atoms with Crippen molar-refractivity contribution in [2.75, 3.05) is 19.1 Å². The molecule has 0 saturated carbocycles. The maximum absolute atomic E-state index is 5.81. The van der Waals surface area contributed by atoms with E-state index in [1.54, 1.807) is 0 Å². The lowest BCUT2D eigenvalue weighted by Gasteiger charge is -2.31. The van der Waals surface area contributed by atoms with Gasteiger partial charge in [0.15, 0.2) is 0 Å². The molecule has 0 amide bonds. The van der Waals surface area contributed by atoms with Crippen LogP contribution >= 0.6 is 11.6 Å². The van der Waals surface area contributed by atoms with Crippen molar-refractivity contribution < 1.29 is 13.3 Å². The van der Waals surface area contributed by atoms with E-state index in [1.165, 1.54) is 0 Å². The molecule has 80 valence electrons. The molecule has 0 aromatic heterocycles. The first-order chi connectivity index (χ1) is 6.14. The van der Waals surface area contributed by atoms with Gasteiger partial charge in [-0.05, 0) is 20.4 Å². The van der Waals surface area contributed by atoms with Crippen LogP contribution in [0.25, 0.3) is 0 Å². The van der Waals surface area contributed by atoms with Crippen LogP contribution in [0.3, 0.4) is 0 Å². The standard InChI is InChI=1S/C7H19ClO3Si2/c1-4-9-7(6-8)13(3,11-12)10-5-2/h7H,4-6H2,1-3,12H3. The number of ether oxygens (including phenoxy) is 1. The Kier molecular flexibility index (Phi) is 7.29. The molecule has 0 heterocycles. The van der Waals surface area contributed by atoms with E-state index in [0.29, 0.717) is 29.6 Å². The van der Waals surface area contributed by atoms with Crippen LogP contribution in [0.15, 0.2) is 0 Å². The molecule has 2 unspecified atom stereocenters. The van der Waals surface area contributed by atoms with E-state index in [2.05, 4.69) is 0 Å². The van der Waals surface area contributed by atoms with Crippen LogP contribution in [-0.2, 0) is 13.3 Å². The summed E-state index contributed by atoms with van der Waals surface area (Å²) in [5, 5.41) is 0. The molecule has 13 heavy (non-hydrogen) atoms. The largest absolute Gasteiger partial charge is 0.443 e. The van der Waals surface area contributed by atoms with Gasteiger partial charge in [0, 0.05) is 13.2 Å². The zero-order valence-electron chi connectivity index (χ0n) is 8.80. The average Bonchev–Trinajstić information content (AvgIpc) is 2.14. The van der Waals surface area contributed by atoms with Gasteiger partial charge in [0.2, 0.25) is 0 Å².